The summed E-state index contributed by atoms with van der Waals surface area (Å²) in [5.74, 6) is 1.33. The maximum Gasteiger partial charge on any atom is 0.228 e. The van der Waals surface area contributed by atoms with Gasteiger partial charge < -0.3 is 9.84 Å². The van der Waals surface area contributed by atoms with Gasteiger partial charge in [-0.25, -0.2) is 0 Å². The third kappa shape index (κ3) is 3.37. The van der Waals surface area contributed by atoms with E-state index in [2.05, 4.69) is 34.5 Å². The van der Waals surface area contributed by atoms with Crippen molar-refractivity contribution in [2.24, 2.45) is 0 Å². The summed E-state index contributed by atoms with van der Waals surface area (Å²) >= 11 is 1.61. The highest BCUT2D eigenvalue weighted by Crippen LogP contribution is 2.23. The number of nitrogens with one attached hydrogen (secondary N) is 1. The van der Waals surface area contributed by atoms with Crippen LogP contribution in [-0.4, -0.2) is 16.7 Å². The number of benzene rings is 1. The number of nitrogens with zero attached hydrogens (tertiary/aromatic N) is 2. The van der Waals surface area contributed by atoms with Gasteiger partial charge >= 0.3 is 0 Å². The molecule has 0 bridgehead atoms. The number of thiophene rings is 1. The van der Waals surface area contributed by atoms with Crippen molar-refractivity contribution in [2.45, 2.75) is 19.4 Å². The van der Waals surface area contributed by atoms with Gasteiger partial charge in [-0.1, -0.05) is 48.5 Å². The quantitative estimate of drug-likeness (QED) is 0.754. The van der Waals surface area contributed by atoms with Crippen LogP contribution >= 0.6 is 11.3 Å². The van der Waals surface area contributed by atoms with E-state index in [4.69, 9.17) is 4.52 Å². The van der Waals surface area contributed by atoms with Crippen LogP contribution in [0.5, 0.6) is 0 Å². The van der Waals surface area contributed by atoms with Gasteiger partial charge in [-0.05, 0) is 23.6 Å². The molecule has 0 saturated carbocycles. The van der Waals surface area contributed by atoms with E-state index >= 15 is 0 Å². The molecule has 1 unspecified atom stereocenters. The summed E-state index contributed by atoms with van der Waals surface area (Å²) < 4.78 is 5.39. The van der Waals surface area contributed by atoms with Crippen LogP contribution in [0.4, 0.5) is 0 Å². The lowest BCUT2D eigenvalue weighted by Gasteiger charge is -2.16. The molecule has 0 aliphatic rings. The topological polar surface area (TPSA) is 51.0 Å². The first-order valence-corrected chi connectivity index (χ1v) is 7.89. The van der Waals surface area contributed by atoms with Crippen molar-refractivity contribution in [1.82, 2.24) is 15.5 Å². The van der Waals surface area contributed by atoms with E-state index in [1.807, 2.05) is 35.7 Å². The van der Waals surface area contributed by atoms with Crippen LogP contribution in [0, 0.1) is 0 Å². The molecule has 0 aliphatic carbocycles. The lowest BCUT2D eigenvalue weighted by atomic mass is 10.0. The first-order valence-electron chi connectivity index (χ1n) is 7.01. The Morgan fingerprint density at radius 1 is 1.19 bits per heavy atom. The van der Waals surface area contributed by atoms with Crippen molar-refractivity contribution in [3.8, 4) is 10.7 Å². The first kappa shape index (κ1) is 14.0. The number of hydrogen-bond acceptors (Lipinski definition) is 5. The molecule has 108 valence electrons. The van der Waals surface area contributed by atoms with Crippen molar-refractivity contribution < 1.29 is 4.52 Å². The first-order chi connectivity index (χ1) is 10.4. The maximum atomic E-state index is 5.39. The average molecular weight is 299 g/mol. The second-order valence-corrected chi connectivity index (χ2v) is 5.66. The van der Waals surface area contributed by atoms with Gasteiger partial charge in [-0.2, -0.15) is 4.98 Å². The SMILES string of the molecule is CCNC(Cc1nc(-c2cccs2)no1)c1ccccc1. The molecule has 5 heteroatoms. The molecular formula is C16H17N3OS. The number of likely N-dealkylation sites (N-methyl/N-ethyl adjacent to an activating group) is 1. The van der Waals surface area contributed by atoms with Gasteiger partial charge in [0.1, 0.15) is 0 Å². The fourth-order valence-electron chi connectivity index (χ4n) is 2.26. The van der Waals surface area contributed by atoms with Gasteiger partial charge in [-0.3, -0.25) is 0 Å². The van der Waals surface area contributed by atoms with Crippen LogP contribution in [0.15, 0.2) is 52.4 Å². The number of rotatable bonds is 6. The molecule has 2 heterocycles. The Labute approximate surface area is 127 Å². The summed E-state index contributed by atoms with van der Waals surface area (Å²) in [5, 5.41) is 9.54. The van der Waals surface area contributed by atoms with E-state index in [1.54, 1.807) is 11.3 Å². The molecule has 1 aromatic carbocycles. The Kier molecular flexibility index (Phi) is 4.43. The molecule has 21 heavy (non-hydrogen) atoms. The lowest BCUT2D eigenvalue weighted by Crippen LogP contribution is -2.23. The van der Waals surface area contributed by atoms with Gasteiger partial charge in [0.25, 0.3) is 0 Å². The number of aromatic nitrogens is 2. The Hall–Kier alpha value is -1.98. The lowest BCUT2D eigenvalue weighted by molar-refractivity contribution is 0.360. The minimum Gasteiger partial charge on any atom is -0.339 e. The summed E-state index contributed by atoms with van der Waals surface area (Å²) in [6, 6.07) is 14.5. The molecular weight excluding hydrogens is 282 g/mol. The Bertz CT molecular complexity index is 664. The molecule has 1 N–H and O–H groups in total. The predicted molar refractivity (Wildman–Crippen MR) is 84.2 cm³/mol. The summed E-state index contributed by atoms with van der Waals surface area (Å²) in [5.41, 5.74) is 1.23. The minimum absolute atomic E-state index is 0.188. The third-order valence-corrected chi connectivity index (χ3v) is 4.11. The van der Waals surface area contributed by atoms with E-state index in [0.29, 0.717) is 18.1 Å². The van der Waals surface area contributed by atoms with Crippen LogP contribution in [0.2, 0.25) is 0 Å². The Morgan fingerprint density at radius 3 is 2.76 bits per heavy atom. The second kappa shape index (κ2) is 6.65. The number of hydrogen-bond donors (Lipinski definition) is 1. The molecule has 0 radical (unpaired) electrons. The van der Waals surface area contributed by atoms with E-state index in [1.165, 1.54) is 5.56 Å². The van der Waals surface area contributed by atoms with Gasteiger partial charge in [0, 0.05) is 12.5 Å². The molecule has 2 aromatic heterocycles. The zero-order valence-corrected chi connectivity index (χ0v) is 12.6. The molecule has 0 saturated heterocycles. The Morgan fingerprint density at radius 2 is 2.05 bits per heavy atom. The van der Waals surface area contributed by atoms with Crippen molar-refractivity contribution in [3.05, 3.63) is 59.3 Å². The molecule has 0 fully saturated rings. The van der Waals surface area contributed by atoms with Crippen LogP contribution in [0.1, 0.15) is 24.4 Å². The average Bonchev–Trinajstić information content (AvgIpc) is 3.19. The zero-order chi connectivity index (χ0) is 14.5. The van der Waals surface area contributed by atoms with Gasteiger partial charge in [0.2, 0.25) is 11.7 Å². The third-order valence-electron chi connectivity index (χ3n) is 3.24. The van der Waals surface area contributed by atoms with Crippen LogP contribution in [0.3, 0.4) is 0 Å². The zero-order valence-electron chi connectivity index (χ0n) is 11.8. The highest BCUT2D eigenvalue weighted by Gasteiger charge is 2.16. The molecule has 4 nitrogen and oxygen atoms in total. The fraction of sp³-hybridized carbons (Fsp3) is 0.250. The van der Waals surface area contributed by atoms with Gasteiger partial charge in [-0.15, -0.1) is 11.3 Å². The molecule has 0 spiro atoms. The molecule has 3 rings (SSSR count). The second-order valence-electron chi connectivity index (χ2n) is 4.71. The molecule has 0 amide bonds. The minimum atomic E-state index is 0.188. The van der Waals surface area contributed by atoms with E-state index < -0.39 is 0 Å². The van der Waals surface area contributed by atoms with Gasteiger partial charge in [0.15, 0.2) is 0 Å². The summed E-state index contributed by atoms with van der Waals surface area (Å²) in [6.45, 7) is 2.99. The largest absolute Gasteiger partial charge is 0.339 e. The maximum absolute atomic E-state index is 5.39. The van der Waals surface area contributed by atoms with Crippen molar-refractivity contribution in [2.75, 3.05) is 6.54 Å². The van der Waals surface area contributed by atoms with Crippen LogP contribution < -0.4 is 5.32 Å². The highest BCUT2D eigenvalue weighted by molar-refractivity contribution is 7.13. The highest BCUT2D eigenvalue weighted by atomic mass is 32.1. The van der Waals surface area contributed by atoms with Crippen molar-refractivity contribution in [3.63, 3.8) is 0 Å². The van der Waals surface area contributed by atoms with Crippen LogP contribution in [0.25, 0.3) is 10.7 Å². The monoisotopic (exact) mass is 299 g/mol. The Balaban J connectivity index is 1.77. The molecule has 3 aromatic rings. The van der Waals surface area contributed by atoms with Crippen LogP contribution in [-0.2, 0) is 6.42 Å². The van der Waals surface area contributed by atoms with E-state index in [-0.39, 0.29) is 6.04 Å². The normalized spacial score (nSPS) is 12.4. The van der Waals surface area contributed by atoms with Crippen molar-refractivity contribution >= 4 is 11.3 Å². The summed E-state index contributed by atoms with van der Waals surface area (Å²) in [6.07, 6.45) is 0.691. The van der Waals surface area contributed by atoms with E-state index in [0.717, 1.165) is 11.4 Å². The predicted octanol–water partition coefficient (Wildman–Crippen LogP) is 3.69. The summed E-state index contributed by atoms with van der Waals surface area (Å²) in [7, 11) is 0. The van der Waals surface area contributed by atoms with E-state index in [9.17, 15) is 0 Å². The smallest absolute Gasteiger partial charge is 0.228 e. The standard InChI is InChI=1S/C16H17N3OS/c1-2-17-13(12-7-4-3-5-8-12)11-15-18-16(19-20-15)14-9-6-10-21-14/h3-10,13,17H,2,11H2,1H3. The van der Waals surface area contributed by atoms with Gasteiger partial charge in [0.05, 0.1) is 4.88 Å². The summed E-state index contributed by atoms with van der Waals surface area (Å²) in [4.78, 5) is 5.53. The fourth-order valence-corrected chi connectivity index (χ4v) is 2.91. The van der Waals surface area contributed by atoms with Crippen molar-refractivity contribution in [1.29, 1.82) is 0 Å². The molecule has 0 aliphatic heterocycles. The molecule has 1 atom stereocenters.